The number of nitrogens with one attached hydrogen (secondary N) is 1. The first kappa shape index (κ1) is 13.8. The van der Waals surface area contributed by atoms with Gasteiger partial charge in [-0.15, -0.1) is 11.3 Å². The number of aromatic nitrogens is 1. The first-order valence-electron chi connectivity index (χ1n) is 7.49. The lowest BCUT2D eigenvalue weighted by Crippen LogP contribution is -2.23. The number of thiazole rings is 1. The molecule has 2 heterocycles. The molecule has 2 aromatic rings. The van der Waals surface area contributed by atoms with E-state index in [1.165, 1.54) is 28.1 Å². The average molecular weight is 286 g/mol. The van der Waals surface area contributed by atoms with Gasteiger partial charge in [-0.05, 0) is 48.9 Å². The Balaban J connectivity index is 1.79. The molecule has 1 aromatic carbocycles. The van der Waals surface area contributed by atoms with Gasteiger partial charge in [-0.25, -0.2) is 4.98 Å². The molecule has 3 heteroatoms. The highest BCUT2D eigenvalue weighted by Gasteiger charge is 2.11. The standard InChI is InChI=1S/C17H22N2S/c1-12(2)3-6-17-19-16(11-20-17)14-4-5-15-10-18-8-7-13(15)9-14/h4-5,9,11-12,18H,3,6-8,10H2,1-2H3. The minimum absolute atomic E-state index is 0.749. The third-order valence-corrected chi connectivity index (χ3v) is 4.78. The molecule has 3 rings (SSSR count). The van der Waals surface area contributed by atoms with E-state index in [-0.39, 0.29) is 0 Å². The SMILES string of the molecule is CC(C)CCc1nc(-c2ccc3c(c2)CCNC3)cs1. The zero-order chi connectivity index (χ0) is 13.9. The third kappa shape index (κ3) is 3.10. The summed E-state index contributed by atoms with van der Waals surface area (Å²) in [5, 5.41) is 6.90. The van der Waals surface area contributed by atoms with Crippen LogP contribution < -0.4 is 5.32 Å². The molecule has 0 radical (unpaired) electrons. The Hall–Kier alpha value is -1.19. The number of fused-ring (bicyclic) bond motifs is 1. The van der Waals surface area contributed by atoms with Gasteiger partial charge in [0.05, 0.1) is 10.7 Å². The minimum atomic E-state index is 0.749. The van der Waals surface area contributed by atoms with Gasteiger partial charge in [0, 0.05) is 17.5 Å². The quantitative estimate of drug-likeness (QED) is 0.917. The molecule has 1 aliphatic heterocycles. The molecule has 2 nitrogen and oxygen atoms in total. The van der Waals surface area contributed by atoms with Crippen molar-refractivity contribution in [1.82, 2.24) is 10.3 Å². The normalized spacial score (nSPS) is 14.6. The van der Waals surface area contributed by atoms with Crippen LogP contribution in [0.15, 0.2) is 23.6 Å². The van der Waals surface area contributed by atoms with Crippen LogP contribution in [0, 0.1) is 5.92 Å². The van der Waals surface area contributed by atoms with Crippen molar-refractivity contribution in [1.29, 1.82) is 0 Å². The number of benzene rings is 1. The van der Waals surface area contributed by atoms with Crippen molar-refractivity contribution in [2.75, 3.05) is 6.54 Å². The van der Waals surface area contributed by atoms with Crippen molar-refractivity contribution in [3.63, 3.8) is 0 Å². The molecular formula is C17H22N2S. The van der Waals surface area contributed by atoms with Crippen LogP contribution in [0.5, 0.6) is 0 Å². The average Bonchev–Trinajstić information content (AvgIpc) is 2.93. The summed E-state index contributed by atoms with van der Waals surface area (Å²) in [6.07, 6.45) is 3.47. The molecule has 20 heavy (non-hydrogen) atoms. The van der Waals surface area contributed by atoms with Crippen molar-refractivity contribution in [2.45, 2.75) is 39.7 Å². The van der Waals surface area contributed by atoms with Crippen LogP contribution in [0.2, 0.25) is 0 Å². The zero-order valence-electron chi connectivity index (χ0n) is 12.3. The second-order valence-electron chi connectivity index (χ2n) is 5.97. The summed E-state index contributed by atoms with van der Waals surface area (Å²) >= 11 is 1.80. The molecule has 1 N–H and O–H groups in total. The van der Waals surface area contributed by atoms with Crippen LogP contribution >= 0.6 is 11.3 Å². The molecule has 1 aromatic heterocycles. The molecule has 1 aliphatic rings. The highest BCUT2D eigenvalue weighted by molar-refractivity contribution is 7.09. The molecule has 0 atom stereocenters. The summed E-state index contributed by atoms with van der Waals surface area (Å²) in [5.74, 6) is 0.749. The summed E-state index contributed by atoms with van der Waals surface area (Å²) in [4.78, 5) is 4.80. The molecule has 0 bridgehead atoms. The highest BCUT2D eigenvalue weighted by atomic mass is 32.1. The van der Waals surface area contributed by atoms with Crippen molar-refractivity contribution in [3.8, 4) is 11.3 Å². The monoisotopic (exact) mass is 286 g/mol. The number of hydrogen-bond acceptors (Lipinski definition) is 3. The lowest BCUT2D eigenvalue weighted by molar-refractivity contribution is 0.585. The first-order chi connectivity index (χ1) is 9.72. The van der Waals surface area contributed by atoms with E-state index in [2.05, 4.69) is 42.7 Å². The van der Waals surface area contributed by atoms with Crippen LogP contribution in [0.4, 0.5) is 0 Å². The van der Waals surface area contributed by atoms with E-state index in [1.807, 2.05) is 0 Å². The fourth-order valence-corrected chi connectivity index (χ4v) is 3.43. The Morgan fingerprint density at radius 2 is 2.20 bits per heavy atom. The smallest absolute Gasteiger partial charge is 0.0932 e. The predicted octanol–water partition coefficient (Wildman–Crippen LogP) is 4.04. The zero-order valence-corrected chi connectivity index (χ0v) is 13.1. The van der Waals surface area contributed by atoms with Gasteiger partial charge >= 0.3 is 0 Å². The predicted molar refractivity (Wildman–Crippen MR) is 86.1 cm³/mol. The maximum absolute atomic E-state index is 4.80. The molecule has 0 unspecified atom stereocenters. The number of hydrogen-bond donors (Lipinski definition) is 1. The Kier molecular flexibility index (Phi) is 4.18. The Morgan fingerprint density at radius 1 is 1.30 bits per heavy atom. The molecule has 0 fully saturated rings. The summed E-state index contributed by atoms with van der Waals surface area (Å²) in [6.45, 7) is 6.64. The Bertz CT molecular complexity index is 586. The van der Waals surface area contributed by atoms with Crippen molar-refractivity contribution >= 4 is 11.3 Å². The Morgan fingerprint density at radius 3 is 3.05 bits per heavy atom. The van der Waals surface area contributed by atoms with Crippen molar-refractivity contribution in [3.05, 3.63) is 39.7 Å². The second kappa shape index (κ2) is 6.06. The lowest BCUT2D eigenvalue weighted by atomic mass is 9.97. The number of aryl methyl sites for hydroxylation is 1. The van der Waals surface area contributed by atoms with Gasteiger partial charge in [0.1, 0.15) is 0 Å². The third-order valence-electron chi connectivity index (χ3n) is 3.88. The molecular weight excluding hydrogens is 264 g/mol. The van der Waals surface area contributed by atoms with E-state index in [0.29, 0.717) is 0 Å². The van der Waals surface area contributed by atoms with Gasteiger partial charge in [0.15, 0.2) is 0 Å². The summed E-state index contributed by atoms with van der Waals surface area (Å²) in [5.41, 5.74) is 5.35. The molecule has 0 saturated carbocycles. The topological polar surface area (TPSA) is 24.9 Å². The summed E-state index contributed by atoms with van der Waals surface area (Å²) < 4.78 is 0. The summed E-state index contributed by atoms with van der Waals surface area (Å²) in [7, 11) is 0. The molecule has 0 spiro atoms. The fraction of sp³-hybridized carbons (Fsp3) is 0.471. The van der Waals surface area contributed by atoms with E-state index < -0.39 is 0 Å². The Labute approximate surface area is 125 Å². The van der Waals surface area contributed by atoms with Gasteiger partial charge in [-0.1, -0.05) is 26.0 Å². The highest BCUT2D eigenvalue weighted by Crippen LogP contribution is 2.26. The minimum Gasteiger partial charge on any atom is -0.312 e. The van der Waals surface area contributed by atoms with Gasteiger partial charge in [0.2, 0.25) is 0 Å². The second-order valence-corrected chi connectivity index (χ2v) is 6.91. The molecule has 106 valence electrons. The van der Waals surface area contributed by atoms with Crippen LogP contribution in [-0.4, -0.2) is 11.5 Å². The van der Waals surface area contributed by atoms with E-state index in [9.17, 15) is 0 Å². The van der Waals surface area contributed by atoms with Crippen LogP contribution in [0.3, 0.4) is 0 Å². The van der Waals surface area contributed by atoms with Crippen LogP contribution in [0.1, 0.15) is 36.4 Å². The van der Waals surface area contributed by atoms with E-state index in [0.717, 1.165) is 37.5 Å². The van der Waals surface area contributed by atoms with Crippen molar-refractivity contribution in [2.24, 2.45) is 5.92 Å². The van der Waals surface area contributed by atoms with Crippen LogP contribution in [0.25, 0.3) is 11.3 Å². The molecule has 0 amide bonds. The molecule has 0 saturated heterocycles. The fourth-order valence-electron chi connectivity index (χ4n) is 2.61. The first-order valence-corrected chi connectivity index (χ1v) is 8.37. The number of rotatable bonds is 4. The van der Waals surface area contributed by atoms with Crippen LogP contribution in [-0.2, 0) is 19.4 Å². The van der Waals surface area contributed by atoms with Gasteiger partial charge in [0.25, 0.3) is 0 Å². The largest absolute Gasteiger partial charge is 0.312 e. The van der Waals surface area contributed by atoms with Gasteiger partial charge < -0.3 is 5.32 Å². The van der Waals surface area contributed by atoms with E-state index in [4.69, 9.17) is 4.98 Å². The van der Waals surface area contributed by atoms with E-state index >= 15 is 0 Å². The van der Waals surface area contributed by atoms with Gasteiger partial charge in [-0.3, -0.25) is 0 Å². The molecule has 0 aliphatic carbocycles. The number of nitrogens with zero attached hydrogens (tertiary/aromatic N) is 1. The van der Waals surface area contributed by atoms with E-state index in [1.54, 1.807) is 11.3 Å². The maximum atomic E-state index is 4.80. The summed E-state index contributed by atoms with van der Waals surface area (Å²) in [6, 6.07) is 6.80. The van der Waals surface area contributed by atoms with Gasteiger partial charge in [-0.2, -0.15) is 0 Å². The lowest BCUT2D eigenvalue weighted by Gasteiger charge is -2.17. The van der Waals surface area contributed by atoms with Crippen molar-refractivity contribution < 1.29 is 0 Å². The maximum Gasteiger partial charge on any atom is 0.0932 e.